The van der Waals surface area contributed by atoms with Gasteiger partial charge in [-0.15, -0.1) is 0 Å². The molecule has 0 bridgehead atoms. The summed E-state index contributed by atoms with van der Waals surface area (Å²) in [6.45, 7) is 4.29. The second kappa shape index (κ2) is 8.12. The summed E-state index contributed by atoms with van der Waals surface area (Å²) >= 11 is 0. The Kier molecular flexibility index (Phi) is 4.83. The zero-order valence-electron chi connectivity index (χ0n) is 18.2. The Morgan fingerprint density at radius 1 is 1.06 bits per heavy atom. The normalized spacial score (nSPS) is 14.7. The van der Waals surface area contributed by atoms with Crippen molar-refractivity contribution in [3.63, 3.8) is 0 Å². The monoisotopic (exact) mass is 436 g/mol. The second-order valence-corrected chi connectivity index (χ2v) is 8.57. The van der Waals surface area contributed by atoms with E-state index in [4.69, 9.17) is 4.98 Å². The van der Waals surface area contributed by atoms with Crippen LogP contribution in [0.3, 0.4) is 0 Å². The predicted molar refractivity (Wildman–Crippen MR) is 129 cm³/mol. The molecular weight excluding hydrogens is 412 g/mol. The summed E-state index contributed by atoms with van der Waals surface area (Å²) in [6, 6.07) is 9.81. The maximum Gasteiger partial charge on any atom is 0.162 e. The van der Waals surface area contributed by atoms with E-state index in [9.17, 15) is 0 Å². The first-order valence-corrected chi connectivity index (χ1v) is 11.3. The molecule has 5 aromatic heterocycles. The van der Waals surface area contributed by atoms with E-state index in [2.05, 4.69) is 48.1 Å². The molecule has 1 aliphatic rings. The smallest absolute Gasteiger partial charge is 0.162 e. The number of fused-ring (bicyclic) bond motifs is 2. The summed E-state index contributed by atoms with van der Waals surface area (Å²) in [5.74, 6) is 1.17. The molecule has 1 saturated carbocycles. The summed E-state index contributed by atoms with van der Waals surface area (Å²) in [6.07, 6.45) is 11.7. The van der Waals surface area contributed by atoms with Gasteiger partial charge in [-0.1, -0.05) is 25.8 Å². The SMILES string of the molecule is C=C(Nc1cncc(-c2ccc3[nH]nc(-c4nc5cccnc5[nH]4)c3n2)c1)C1CCCCC1. The van der Waals surface area contributed by atoms with E-state index < -0.39 is 0 Å². The van der Waals surface area contributed by atoms with Crippen LogP contribution in [0.2, 0.25) is 0 Å². The molecule has 8 heteroatoms. The first kappa shape index (κ1) is 19.6. The van der Waals surface area contributed by atoms with Crippen LogP contribution in [0.1, 0.15) is 32.1 Å². The number of allylic oxidation sites excluding steroid dienone is 1. The molecule has 0 aliphatic heterocycles. The van der Waals surface area contributed by atoms with Crippen molar-refractivity contribution in [3.8, 4) is 22.8 Å². The second-order valence-electron chi connectivity index (χ2n) is 8.57. The van der Waals surface area contributed by atoms with Crippen LogP contribution in [0.15, 0.2) is 61.2 Å². The van der Waals surface area contributed by atoms with E-state index in [1.807, 2.05) is 36.7 Å². The van der Waals surface area contributed by atoms with Crippen LogP contribution in [0, 0.1) is 5.92 Å². The van der Waals surface area contributed by atoms with Gasteiger partial charge < -0.3 is 10.3 Å². The number of pyridine rings is 3. The van der Waals surface area contributed by atoms with Gasteiger partial charge in [-0.25, -0.2) is 15.0 Å². The number of hydrogen-bond donors (Lipinski definition) is 3. The van der Waals surface area contributed by atoms with E-state index in [-0.39, 0.29) is 0 Å². The third kappa shape index (κ3) is 3.73. The van der Waals surface area contributed by atoms with Crippen molar-refractivity contribution in [2.24, 2.45) is 5.92 Å². The maximum absolute atomic E-state index is 4.90. The summed E-state index contributed by atoms with van der Waals surface area (Å²) in [5.41, 5.74) is 7.52. The van der Waals surface area contributed by atoms with Crippen molar-refractivity contribution in [3.05, 3.63) is 61.2 Å². The molecular formula is C25H24N8. The summed E-state index contributed by atoms with van der Waals surface area (Å²) < 4.78 is 0. The molecule has 1 fully saturated rings. The number of imidazole rings is 1. The maximum atomic E-state index is 4.90. The highest BCUT2D eigenvalue weighted by molar-refractivity contribution is 5.91. The zero-order valence-corrected chi connectivity index (χ0v) is 18.2. The number of nitrogens with zero attached hydrogens (tertiary/aromatic N) is 5. The fourth-order valence-electron chi connectivity index (χ4n) is 4.57. The molecule has 0 radical (unpaired) electrons. The van der Waals surface area contributed by atoms with Gasteiger partial charge in [0.2, 0.25) is 0 Å². The predicted octanol–water partition coefficient (Wildman–Crippen LogP) is 5.46. The van der Waals surface area contributed by atoms with Crippen molar-refractivity contribution in [1.29, 1.82) is 0 Å². The number of nitrogens with one attached hydrogen (secondary N) is 3. The van der Waals surface area contributed by atoms with Gasteiger partial charge >= 0.3 is 0 Å². The Labute approximate surface area is 190 Å². The number of aromatic amines is 2. The summed E-state index contributed by atoms with van der Waals surface area (Å²) in [4.78, 5) is 21.5. The highest BCUT2D eigenvalue weighted by atomic mass is 15.2. The van der Waals surface area contributed by atoms with Crippen LogP contribution < -0.4 is 5.32 Å². The molecule has 5 aromatic rings. The number of rotatable bonds is 5. The molecule has 3 N–H and O–H groups in total. The van der Waals surface area contributed by atoms with Gasteiger partial charge in [0.25, 0.3) is 0 Å². The Morgan fingerprint density at radius 2 is 1.97 bits per heavy atom. The lowest BCUT2D eigenvalue weighted by atomic mass is 9.87. The van der Waals surface area contributed by atoms with Crippen molar-refractivity contribution in [2.75, 3.05) is 5.32 Å². The third-order valence-corrected chi connectivity index (χ3v) is 6.32. The number of hydrogen-bond acceptors (Lipinski definition) is 6. The molecule has 0 aromatic carbocycles. The molecule has 0 atom stereocenters. The molecule has 33 heavy (non-hydrogen) atoms. The van der Waals surface area contributed by atoms with Crippen LogP contribution in [0.5, 0.6) is 0 Å². The quantitative estimate of drug-likeness (QED) is 0.337. The largest absolute Gasteiger partial charge is 0.358 e. The van der Waals surface area contributed by atoms with Crippen molar-refractivity contribution >= 4 is 27.9 Å². The lowest BCUT2D eigenvalue weighted by Crippen LogP contribution is -2.14. The average molecular weight is 437 g/mol. The number of aromatic nitrogens is 7. The van der Waals surface area contributed by atoms with Crippen molar-refractivity contribution < 1.29 is 0 Å². The topological polar surface area (TPSA) is 108 Å². The third-order valence-electron chi connectivity index (χ3n) is 6.32. The van der Waals surface area contributed by atoms with Crippen LogP contribution >= 0.6 is 0 Å². The zero-order chi connectivity index (χ0) is 22.2. The molecule has 5 heterocycles. The van der Waals surface area contributed by atoms with Crippen molar-refractivity contribution in [2.45, 2.75) is 32.1 Å². The molecule has 8 nitrogen and oxygen atoms in total. The lowest BCUT2D eigenvalue weighted by molar-refractivity contribution is 0.405. The fourth-order valence-corrected chi connectivity index (χ4v) is 4.57. The molecule has 164 valence electrons. The van der Waals surface area contributed by atoms with E-state index in [0.29, 0.717) is 17.4 Å². The van der Waals surface area contributed by atoms with Crippen LogP contribution in [0.4, 0.5) is 5.69 Å². The molecule has 0 amide bonds. The van der Waals surface area contributed by atoms with E-state index in [0.717, 1.165) is 44.8 Å². The Balaban J connectivity index is 1.32. The van der Waals surface area contributed by atoms with Gasteiger partial charge in [-0.05, 0) is 49.1 Å². The average Bonchev–Trinajstić information content (AvgIpc) is 3.48. The number of anilines is 1. The fraction of sp³-hybridized carbons (Fsp3) is 0.240. The lowest BCUT2D eigenvalue weighted by Gasteiger charge is -2.24. The molecule has 0 saturated heterocycles. The van der Waals surface area contributed by atoms with E-state index in [1.165, 1.54) is 32.1 Å². The minimum atomic E-state index is 0.531. The van der Waals surface area contributed by atoms with Crippen molar-refractivity contribution in [1.82, 2.24) is 35.1 Å². The van der Waals surface area contributed by atoms with Crippen LogP contribution in [-0.4, -0.2) is 35.1 Å². The number of H-pyrrole nitrogens is 2. The van der Waals surface area contributed by atoms with E-state index >= 15 is 0 Å². The molecule has 1 aliphatic carbocycles. The first-order valence-electron chi connectivity index (χ1n) is 11.3. The summed E-state index contributed by atoms with van der Waals surface area (Å²) in [7, 11) is 0. The Hall–Kier alpha value is -4.07. The molecule has 6 rings (SSSR count). The standard InChI is InChI=1S/C25H24N8/c1-15(16-6-3-2-4-7-16)28-18-12-17(13-26-14-18)19-9-10-20-22(29-19)23(33-32-20)25-30-21-8-5-11-27-24(21)31-25/h5,8-14,16,28H,1-4,6-7H2,(H,32,33)(H,27,30,31). The molecule has 0 unspecified atom stereocenters. The summed E-state index contributed by atoms with van der Waals surface area (Å²) in [5, 5.41) is 11.0. The van der Waals surface area contributed by atoms with Crippen LogP contribution in [0.25, 0.3) is 45.0 Å². The Morgan fingerprint density at radius 3 is 2.85 bits per heavy atom. The van der Waals surface area contributed by atoms with Gasteiger partial charge in [0.05, 0.1) is 23.1 Å². The van der Waals surface area contributed by atoms with E-state index in [1.54, 1.807) is 6.20 Å². The van der Waals surface area contributed by atoms with Gasteiger partial charge in [0, 0.05) is 23.7 Å². The highest BCUT2D eigenvalue weighted by Crippen LogP contribution is 2.31. The molecule has 0 spiro atoms. The highest BCUT2D eigenvalue weighted by Gasteiger charge is 2.18. The van der Waals surface area contributed by atoms with Gasteiger partial charge in [0.1, 0.15) is 11.0 Å². The Bertz CT molecular complexity index is 1420. The van der Waals surface area contributed by atoms with Crippen LogP contribution in [-0.2, 0) is 0 Å². The minimum absolute atomic E-state index is 0.531. The van der Waals surface area contributed by atoms with Gasteiger partial charge in [-0.3, -0.25) is 10.1 Å². The minimum Gasteiger partial charge on any atom is -0.358 e. The van der Waals surface area contributed by atoms with Gasteiger partial charge in [-0.2, -0.15) is 5.10 Å². The first-order chi connectivity index (χ1) is 16.2. The van der Waals surface area contributed by atoms with Gasteiger partial charge in [0.15, 0.2) is 17.2 Å².